The van der Waals surface area contributed by atoms with Crippen molar-refractivity contribution in [3.63, 3.8) is 0 Å². The Hall–Kier alpha value is -1.32. The van der Waals surface area contributed by atoms with Gasteiger partial charge in [0.05, 0.1) is 6.21 Å². The minimum atomic E-state index is -0.646. The molecule has 0 aromatic heterocycles. The Morgan fingerprint density at radius 1 is 1.73 bits per heavy atom. The number of carbonyl (C=O) groups is 1. The minimum absolute atomic E-state index is 0.646. The molecule has 0 aromatic carbocycles. The molecule has 0 spiro atoms. The number of allylic oxidation sites excluding steroid dienone is 2. The van der Waals surface area contributed by atoms with Gasteiger partial charge in [0.25, 0.3) is 0 Å². The van der Waals surface area contributed by atoms with E-state index in [4.69, 9.17) is 5.73 Å². The van der Waals surface area contributed by atoms with Gasteiger partial charge in [-0.3, -0.25) is 0 Å². The third kappa shape index (κ3) is 5.14. The molecule has 0 heterocycles. The Labute approximate surface area is 66.2 Å². The molecule has 4 heteroatoms. The van der Waals surface area contributed by atoms with E-state index in [0.717, 1.165) is 12.0 Å². The first-order chi connectivity index (χ1) is 5.20. The lowest BCUT2D eigenvalue weighted by Gasteiger charge is -1.93. The lowest BCUT2D eigenvalue weighted by molar-refractivity contribution is 0.249. The van der Waals surface area contributed by atoms with E-state index < -0.39 is 6.03 Å². The highest BCUT2D eigenvalue weighted by Crippen LogP contribution is 1.94. The van der Waals surface area contributed by atoms with Gasteiger partial charge in [0.15, 0.2) is 0 Å². The molecule has 0 aliphatic carbocycles. The van der Waals surface area contributed by atoms with Gasteiger partial charge in [-0.1, -0.05) is 13.0 Å². The molecule has 0 unspecified atom stereocenters. The van der Waals surface area contributed by atoms with Crippen molar-refractivity contribution in [2.75, 3.05) is 0 Å². The molecular weight excluding hydrogens is 142 g/mol. The first-order valence-electron chi connectivity index (χ1n) is 3.44. The molecule has 0 rings (SSSR count). The summed E-state index contributed by atoms with van der Waals surface area (Å²) in [4.78, 5) is 10.1. The second-order valence-corrected chi connectivity index (χ2v) is 1.95. The predicted octanol–water partition coefficient (Wildman–Crippen LogP) is 0.997. The van der Waals surface area contributed by atoms with E-state index in [9.17, 15) is 4.79 Å². The summed E-state index contributed by atoms with van der Waals surface area (Å²) in [5, 5.41) is 3.60. The second kappa shape index (κ2) is 5.46. The van der Waals surface area contributed by atoms with E-state index in [2.05, 4.69) is 10.5 Å². The van der Waals surface area contributed by atoms with Crippen LogP contribution in [0.4, 0.5) is 4.79 Å². The zero-order chi connectivity index (χ0) is 8.69. The molecule has 0 atom stereocenters. The molecule has 3 N–H and O–H groups in total. The van der Waals surface area contributed by atoms with Crippen LogP contribution in [0.1, 0.15) is 20.3 Å². The number of hydrazone groups is 1. The van der Waals surface area contributed by atoms with Crippen LogP contribution < -0.4 is 11.2 Å². The maximum atomic E-state index is 10.1. The van der Waals surface area contributed by atoms with Gasteiger partial charge in [-0.25, -0.2) is 10.2 Å². The van der Waals surface area contributed by atoms with Crippen molar-refractivity contribution >= 4 is 12.2 Å². The van der Waals surface area contributed by atoms with Crippen LogP contribution in [-0.4, -0.2) is 12.2 Å². The molecule has 0 saturated heterocycles. The summed E-state index contributed by atoms with van der Waals surface area (Å²) >= 11 is 0. The topological polar surface area (TPSA) is 67.5 Å². The Bertz CT molecular complexity index is 184. The van der Waals surface area contributed by atoms with Crippen LogP contribution in [0.25, 0.3) is 0 Å². The van der Waals surface area contributed by atoms with Crippen molar-refractivity contribution in [1.29, 1.82) is 0 Å². The lowest BCUT2D eigenvalue weighted by atomic mass is 10.2. The van der Waals surface area contributed by atoms with Gasteiger partial charge in [-0.2, -0.15) is 5.10 Å². The van der Waals surface area contributed by atoms with Gasteiger partial charge < -0.3 is 5.73 Å². The van der Waals surface area contributed by atoms with Gasteiger partial charge in [0, 0.05) is 0 Å². The van der Waals surface area contributed by atoms with Crippen molar-refractivity contribution in [3.8, 4) is 0 Å². The van der Waals surface area contributed by atoms with Crippen LogP contribution in [0.2, 0.25) is 0 Å². The Balaban J connectivity index is 3.81. The average molecular weight is 155 g/mol. The zero-order valence-electron chi connectivity index (χ0n) is 6.79. The molecule has 0 aliphatic heterocycles. The smallest absolute Gasteiger partial charge is 0.332 e. The highest BCUT2D eigenvalue weighted by atomic mass is 16.2. The molecule has 0 saturated carbocycles. The summed E-state index contributed by atoms with van der Waals surface area (Å²) in [6, 6.07) is -0.646. The summed E-state index contributed by atoms with van der Waals surface area (Å²) < 4.78 is 0. The first-order valence-corrected chi connectivity index (χ1v) is 3.44. The predicted molar refractivity (Wildman–Crippen MR) is 45.3 cm³/mol. The van der Waals surface area contributed by atoms with Crippen LogP contribution >= 0.6 is 0 Å². The maximum Gasteiger partial charge on any atom is 0.332 e. The van der Waals surface area contributed by atoms with Gasteiger partial charge in [0.2, 0.25) is 0 Å². The third-order valence-electron chi connectivity index (χ3n) is 1.18. The van der Waals surface area contributed by atoms with Gasteiger partial charge in [-0.15, -0.1) is 0 Å². The van der Waals surface area contributed by atoms with Gasteiger partial charge in [-0.05, 0) is 18.9 Å². The van der Waals surface area contributed by atoms with Crippen molar-refractivity contribution in [2.24, 2.45) is 10.8 Å². The average Bonchev–Trinajstić information content (AvgIpc) is 1.98. The highest BCUT2D eigenvalue weighted by Gasteiger charge is 1.86. The van der Waals surface area contributed by atoms with Crippen molar-refractivity contribution < 1.29 is 4.79 Å². The number of primary amides is 1. The van der Waals surface area contributed by atoms with Crippen molar-refractivity contribution in [3.05, 3.63) is 11.6 Å². The van der Waals surface area contributed by atoms with E-state index in [1.807, 2.05) is 19.9 Å². The standard InChI is InChI=1S/C7H13N3O/c1-3-6(4-2)5-9-10-7(8)11/h3,5H,4H2,1-2H3,(H3,8,10,11)/b6-3+,9-5+. The first kappa shape index (κ1) is 9.68. The van der Waals surface area contributed by atoms with E-state index in [1.165, 1.54) is 0 Å². The number of urea groups is 1. The summed E-state index contributed by atoms with van der Waals surface area (Å²) in [6.45, 7) is 3.92. The molecule has 4 nitrogen and oxygen atoms in total. The molecule has 11 heavy (non-hydrogen) atoms. The number of nitrogens with zero attached hydrogens (tertiary/aromatic N) is 1. The zero-order valence-corrected chi connectivity index (χ0v) is 6.79. The molecular formula is C7H13N3O. The number of hydrogen-bond acceptors (Lipinski definition) is 2. The fraction of sp³-hybridized carbons (Fsp3) is 0.429. The van der Waals surface area contributed by atoms with Crippen LogP contribution in [0, 0.1) is 0 Å². The SMILES string of the molecule is C/C=C(/C=N/NC(N)=O)CC. The minimum Gasteiger partial charge on any atom is -0.350 e. The quantitative estimate of drug-likeness (QED) is 0.463. The number of nitrogens with two attached hydrogens (primary N) is 1. The van der Waals surface area contributed by atoms with E-state index in [0.29, 0.717) is 0 Å². The Morgan fingerprint density at radius 2 is 2.36 bits per heavy atom. The van der Waals surface area contributed by atoms with Crippen molar-refractivity contribution in [1.82, 2.24) is 5.43 Å². The molecule has 0 fully saturated rings. The summed E-state index contributed by atoms with van der Waals surface area (Å²) in [5.41, 5.74) is 7.94. The molecule has 62 valence electrons. The van der Waals surface area contributed by atoms with Crippen LogP contribution in [0.5, 0.6) is 0 Å². The maximum absolute atomic E-state index is 10.1. The number of amides is 2. The molecule has 2 amide bonds. The lowest BCUT2D eigenvalue weighted by Crippen LogP contribution is -2.24. The molecule has 0 aliphatic rings. The van der Waals surface area contributed by atoms with Crippen molar-refractivity contribution in [2.45, 2.75) is 20.3 Å². The normalized spacial score (nSPS) is 12.0. The Morgan fingerprint density at radius 3 is 2.73 bits per heavy atom. The summed E-state index contributed by atoms with van der Waals surface area (Å²) in [7, 11) is 0. The van der Waals surface area contributed by atoms with E-state index in [1.54, 1.807) is 6.21 Å². The van der Waals surface area contributed by atoms with Crippen LogP contribution in [-0.2, 0) is 0 Å². The monoisotopic (exact) mass is 155 g/mol. The van der Waals surface area contributed by atoms with Crippen LogP contribution in [0.3, 0.4) is 0 Å². The van der Waals surface area contributed by atoms with E-state index >= 15 is 0 Å². The summed E-state index contributed by atoms with van der Waals surface area (Å²) in [5.74, 6) is 0. The van der Waals surface area contributed by atoms with Crippen LogP contribution in [0.15, 0.2) is 16.8 Å². The van der Waals surface area contributed by atoms with E-state index in [-0.39, 0.29) is 0 Å². The highest BCUT2D eigenvalue weighted by molar-refractivity contribution is 5.80. The molecule has 0 aromatic rings. The largest absolute Gasteiger partial charge is 0.350 e. The molecule has 0 radical (unpaired) electrons. The second-order valence-electron chi connectivity index (χ2n) is 1.95. The number of hydrogen-bond donors (Lipinski definition) is 2. The number of nitrogens with one attached hydrogen (secondary N) is 1. The number of rotatable bonds is 3. The third-order valence-corrected chi connectivity index (χ3v) is 1.18. The fourth-order valence-corrected chi connectivity index (χ4v) is 0.549. The van der Waals surface area contributed by atoms with Gasteiger partial charge >= 0.3 is 6.03 Å². The Kier molecular flexibility index (Phi) is 4.81. The molecule has 0 bridgehead atoms. The van der Waals surface area contributed by atoms with Gasteiger partial charge in [0.1, 0.15) is 0 Å². The fourth-order valence-electron chi connectivity index (χ4n) is 0.549. The number of carbonyl (C=O) groups excluding carboxylic acids is 1. The summed E-state index contributed by atoms with van der Waals surface area (Å²) in [6.07, 6.45) is 4.39.